The predicted octanol–water partition coefficient (Wildman–Crippen LogP) is 0.954. The first-order chi connectivity index (χ1) is 11.8. The van der Waals surface area contributed by atoms with Gasteiger partial charge in [-0.3, -0.25) is 5.41 Å². The molecular formula is C12H9F3N8O2. The number of tetrazole rings is 1. The lowest BCUT2D eigenvalue weighted by atomic mass is 10.2. The molecule has 0 saturated carbocycles. The number of ether oxygens (including phenoxy) is 1. The highest BCUT2D eigenvalue weighted by atomic mass is 19.4. The number of nitrogens with two attached hydrogens (primary N) is 1. The van der Waals surface area contributed by atoms with E-state index in [2.05, 4.69) is 35.1 Å². The molecule has 10 nitrogen and oxygen atoms in total. The molecular weight excluding hydrogens is 345 g/mol. The van der Waals surface area contributed by atoms with Gasteiger partial charge >= 0.3 is 6.36 Å². The van der Waals surface area contributed by atoms with Crippen molar-refractivity contribution in [2.45, 2.75) is 12.9 Å². The normalized spacial score (nSPS) is 11.5. The number of nitrogens with one attached hydrogen (secondary N) is 1. The van der Waals surface area contributed by atoms with E-state index in [1.54, 1.807) is 0 Å². The minimum Gasteiger partial charge on any atom is -0.406 e. The summed E-state index contributed by atoms with van der Waals surface area (Å²) in [7, 11) is 0. The highest BCUT2D eigenvalue weighted by Gasteiger charge is 2.31. The number of hydrogen-bond donors (Lipinski definition) is 2. The SMILES string of the molecule is N=C(N)c1nonc1Cn1nnc(-c2cccc(OC(F)(F)F)c2)n1. The molecule has 0 fully saturated rings. The molecule has 25 heavy (non-hydrogen) atoms. The van der Waals surface area contributed by atoms with Gasteiger partial charge in [0.15, 0.2) is 5.69 Å². The molecule has 0 unspecified atom stereocenters. The topological polar surface area (TPSA) is 142 Å². The molecule has 0 radical (unpaired) electrons. The quantitative estimate of drug-likeness (QED) is 0.509. The number of rotatable bonds is 5. The summed E-state index contributed by atoms with van der Waals surface area (Å²) in [6.07, 6.45) is -4.80. The molecule has 2 heterocycles. The Balaban J connectivity index is 1.81. The molecule has 0 amide bonds. The largest absolute Gasteiger partial charge is 0.573 e. The highest BCUT2D eigenvalue weighted by Crippen LogP contribution is 2.26. The lowest BCUT2D eigenvalue weighted by Crippen LogP contribution is -2.17. The van der Waals surface area contributed by atoms with Gasteiger partial charge in [-0.05, 0) is 22.5 Å². The fraction of sp³-hybridized carbons (Fsp3) is 0.167. The van der Waals surface area contributed by atoms with Crippen molar-refractivity contribution in [3.63, 3.8) is 0 Å². The lowest BCUT2D eigenvalue weighted by molar-refractivity contribution is -0.274. The van der Waals surface area contributed by atoms with Gasteiger partial charge in [-0.1, -0.05) is 17.3 Å². The summed E-state index contributed by atoms with van der Waals surface area (Å²) >= 11 is 0. The second kappa shape index (κ2) is 6.18. The fourth-order valence-electron chi connectivity index (χ4n) is 1.91. The van der Waals surface area contributed by atoms with Crippen molar-refractivity contribution in [2.75, 3.05) is 0 Å². The van der Waals surface area contributed by atoms with Gasteiger partial charge in [0.05, 0.1) is 0 Å². The molecule has 0 saturated heterocycles. The van der Waals surface area contributed by atoms with Crippen LogP contribution in [0.4, 0.5) is 13.2 Å². The van der Waals surface area contributed by atoms with E-state index < -0.39 is 12.1 Å². The molecule has 3 rings (SSSR count). The standard InChI is InChI=1S/C12H9F3N8O2/c13-12(14,15)24-7-3-1-2-6(4-7)11-18-22-23(19-11)5-8-9(10(16)17)21-25-20-8/h1-4H,5H2,(H3,16,17). The number of benzene rings is 1. The zero-order chi connectivity index (χ0) is 18.0. The summed E-state index contributed by atoms with van der Waals surface area (Å²) in [6.45, 7) is -0.0375. The van der Waals surface area contributed by atoms with Gasteiger partial charge in [0.1, 0.15) is 23.8 Å². The molecule has 3 N–H and O–H groups in total. The van der Waals surface area contributed by atoms with Crippen LogP contribution in [0, 0.1) is 5.41 Å². The van der Waals surface area contributed by atoms with E-state index in [0.717, 1.165) is 16.9 Å². The summed E-state index contributed by atoms with van der Waals surface area (Å²) in [4.78, 5) is 1.11. The monoisotopic (exact) mass is 354 g/mol. The molecule has 0 atom stereocenters. The number of aromatic nitrogens is 6. The maximum atomic E-state index is 12.3. The Morgan fingerprint density at radius 2 is 2.12 bits per heavy atom. The van der Waals surface area contributed by atoms with Gasteiger partial charge < -0.3 is 10.5 Å². The summed E-state index contributed by atoms with van der Waals surface area (Å²) < 4.78 is 45.2. The number of amidine groups is 1. The molecule has 1 aromatic carbocycles. The Morgan fingerprint density at radius 3 is 2.84 bits per heavy atom. The summed E-state index contributed by atoms with van der Waals surface area (Å²) in [5.74, 6) is -0.664. The molecule has 2 aromatic heterocycles. The average molecular weight is 354 g/mol. The van der Waals surface area contributed by atoms with Crippen LogP contribution in [0.5, 0.6) is 5.75 Å². The number of hydrogen-bond acceptors (Lipinski definition) is 8. The van der Waals surface area contributed by atoms with E-state index in [9.17, 15) is 13.2 Å². The van der Waals surface area contributed by atoms with Crippen molar-refractivity contribution < 1.29 is 22.5 Å². The van der Waals surface area contributed by atoms with Crippen LogP contribution in [-0.4, -0.2) is 42.7 Å². The Morgan fingerprint density at radius 1 is 1.32 bits per heavy atom. The van der Waals surface area contributed by atoms with E-state index in [1.807, 2.05) is 0 Å². The first-order valence-electron chi connectivity index (χ1n) is 6.61. The van der Waals surface area contributed by atoms with Crippen LogP contribution < -0.4 is 10.5 Å². The zero-order valence-electron chi connectivity index (χ0n) is 12.2. The van der Waals surface area contributed by atoms with Crippen LogP contribution in [0.3, 0.4) is 0 Å². The smallest absolute Gasteiger partial charge is 0.406 e. The van der Waals surface area contributed by atoms with E-state index in [0.29, 0.717) is 0 Å². The van der Waals surface area contributed by atoms with Gasteiger partial charge in [0.2, 0.25) is 5.82 Å². The third-order valence-electron chi connectivity index (χ3n) is 2.88. The third-order valence-corrected chi connectivity index (χ3v) is 2.88. The fourth-order valence-corrected chi connectivity index (χ4v) is 1.91. The molecule has 0 aliphatic heterocycles. The molecule has 0 bridgehead atoms. The zero-order valence-corrected chi connectivity index (χ0v) is 12.2. The van der Waals surface area contributed by atoms with Crippen LogP contribution in [0.25, 0.3) is 11.4 Å². The van der Waals surface area contributed by atoms with Gasteiger partial charge in [-0.25, -0.2) is 4.63 Å². The Kier molecular flexibility index (Phi) is 4.04. The van der Waals surface area contributed by atoms with E-state index >= 15 is 0 Å². The number of halogens is 3. The van der Waals surface area contributed by atoms with Crippen molar-refractivity contribution in [3.05, 3.63) is 35.7 Å². The van der Waals surface area contributed by atoms with Gasteiger partial charge in [-0.2, -0.15) is 4.80 Å². The van der Waals surface area contributed by atoms with Gasteiger partial charge in [-0.15, -0.1) is 23.4 Å². The predicted molar refractivity (Wildman–Crippen MR) is 74.4 cm³/mol. The maximum absolute atomic E-state index is 12.3. The van der Waals surface area contributed by atoms with Crippen LogP contribution in [0.15, 0.2) is 28.9 Å². The number of nitrogen functional groups attached to an aromatic ring is 1. The third kappa shape index (κ3) is 3.88. The van der Waals surface area contributed by atoms with Crippen molar-refractivity contribution in [1.82, 2.24) is 30.5 Å². The van der Waals surface area contributed by atoms with Crippen molar-refractivity contribution >= 4 is 5.84 Å². The van der Waals surface area contributed by atoms with Crippen molar-refractivity contribution in [3.8, 4) is 17.1 Å². The Bertz CT molecular complexity index is 904. The highest BCUT2D eigenvalue weighted by molar-refractivity contribution is 5.93. The molecule has 0 aliphatic carbocycles. The minimum atomic E-state index is -4.80. The second-order valence-electron chi connectivity index (χ2n) is 4.69. The molecule has 0 aliphatic rings. The van der Waals surface area contributed by atoms with Gasteiger partial charge in [0, 0.05) is 5.56 Å². The molecule has 3 aromatic rings. The number of alkyl halides is 3. The first-order valence-corrected chi connectivity index (χ1v) is 6.61. The summed E-state index contributed by atoms with van der Waals surface area (Å²) in [5.41, 5.74) is 5.86. The number of nitrogens with zero attached hydrogens (tertiary/aromatic N) is 6. The Hall–Kier alpha value is -3.51. The minimum absolute atomic E-state index is 0.0375. The molecule has 0 spiro atoms. The van der Waals surface area contributed by atoms with E-state index in [1.165, 1.54) is 12.1 Å². The van der Waals surface area contributed by atoms with Crippen LogP contribution in [0.2, 0.25) is 0 Å². The van der Waals surface area contributed by atoms with Gasteiger partial charge in [0.25, 0.3) is 0 Å². The second-order valence-corrected chi connectivity index (χ2v) is 4.69. The molecule has 130 valence electrons. The molecule has 13 heteroatoms. The summed E-state index contributed by atoms with van der Waals surface area (Å²) in [5, 5.41) is 26.0. The summed E-state index contributed by atoms with van der Waals surface area (Å²) in [6, 6.07) is 5.16. The van der Waals surface area contributed by atoms with E-state index in [4.69, 9.17) is 11.1 Å². The van der Waals surface area contributed by atoms with Crippen LogP contribution in [0.1, 0.15) is 11.4 Å². The van der Waals surface area contributed by atoms with Crippen LogP contribution >= 0.6 is 0 Å². The van der Waals surface area contributed by atoms with Crippen molar-refractivity contribution in [2.24, 2.45) is 5.73 Å². The maximum Gasteiger partial charge on any atom is 0.573 e. The Labute approximate surface area is 136 Å². The van der Waals surface area contributed by atoms with Crippen LogP contribution in [-0.2, 0) is 6.54 Å². The average Bonchev–Trinajstić information content (AvgIpc) is 3.15. The lowest BCUT2D eigenvalue weighted by Gasteiger charge is -2.08. The first kappa shape index (κ1) is 16.4. The van der Waals surface area contributed by atoms with E-state index in [-0.39, 0.29) is 35.2 Å². The van der Waals surface area contributed by atoms with Crippen molar-refractivity contribution in [1.29, 1.82) is 5.41 Å².